The molecular formula is C16H19NO5. The van der Waals surface area contributed by atoms with Gasteiger partial charge in [0, 0.05) is 24.2 Å². The van der Waals surface area contributed by atoms with Crippen molar-refractivity contribution in [1.82, 2.24) is 0 Å². The number of aliphatic carboxylic acids is 1. The average molecular weight is 305 g/mol. The van der Waals surface area contributed by atoms with Gasteiger partial charge in [-0.25, -0.2) is 0 Å². The number of carboxylic acid groups (broad SMARTS) is 1. The Labute approximate surface area is 128 Å². The van der Waals surface area contributed by atoms with Crippen molar-refractivity contribution in [2.45, 2.75) is 32.0 Å². The highest BCUT2D eigenvalue weighted by Gasteiger charge is 2.44. The largest absolute Gasteiger partial charge is 0.480 e. The number of hydrogen-bond donors (Lipinski definition) is 1. The van der Waals surface area contributed by atoms with E-state index in [0.717, 1.165) is 5.56 Å². The van der Waals surface area contributed by atoms with E-state index in [2.05, 4.69) is 0 Å². The first-order chi connectivity index (χ1) is 10.5. The van der Waals surface area contributed by atoms with E-state index in [-0.39, 0.29) is 5.91 Å². The van der Waals surface area contributed by atoms with E-state index < -0.39 is 17.7 Å². The number of carbonyl (C=O) groups is 2. The van der Waals surface area contributed by atoms with Crippen molar-refractivity contribution in [1.29, 1.82) is 0 Å². The van der Waals surface area contributed by atoms with Crippen LogP contribution in [0.15, 0.2) is 18.2 Å². The lowest BCUT2D eigenvalue weighted by atomic mass is 9.94. The van der Waals surface area contributed by atoms with Crippen LogP contribution in [-0.4, -0.2) is 36.7 Å². The molecule has 0 aromatic heterocycles. The van der Waals surface area contributed by atoms with Crippen molar-refractivity contribution < 1.29 is 24.2 Å². The maximum absolute atomic E-state index is 12.3. The van der Waals surface area contributed by atoms with Crippen LogP contribution in [0.5, 0.6) is 0 Å². The first-order valence-corrected chi connectivity index (χ1v) is 7.50. The number of anilines is 1. The Balaban J connectivity index is 2.10. The second kappa shape index (κ2) is 5.37. The van der Waals surface area contributed by atoms with Gasteiger partial charge in [0.05, 0.1) is 13.2 Å². The number of hydrogen-bond acceptors (Lipinski definition) is 4. The van der Waals surface area contributed by atoms with Gasteiger partial charge in [-0.05, 0) is 24.6 Å². The van der Waals surface area contributed by atoms with Gasteiger partial charge in [0.2, 0.25) is 5.91 Å². The molecule has 22 heavy (non-hydrogen) atoms. The van der Waals surface area contributed by atoms with E-state index in [4.69, 9.17) is 9.47 Å². The number of rotatable bonds is 4. The van der Waals surface area contributed by atoms with Crippen molar-refractivity contribution in [3.63, 3.8) is 0 Å². The highest BCUT2D eigenvalue weighted by Crippen LogP contribution is 2.42. The normalized spacial score (nSPS) is 22.9. The second-order valence-electron chi connectivity index (χ2n) is 5.43. The zero-order valence-corrected chi connectivity index (χ0v) is 12.7. The van der Waals surface area contributed by atoms with Crippen LogP contribution in [0.2, 0.25) is 0 Å². The lowest BCUT2D eigenvalue weighted by Gasteiger charge is -2.27. The molecule has 1 amide bonds. The Morgan fingerprint density at radius 2 is 2.05 bits per heavy atom. The number of ether oxygens (including phenoxy) is 2. The monoisotopic (exact) mass is 305 g/mol. The molecule has 1 fully saturated rings. The molecule has 0 aliphatic carbocycles. The van der Waals surface area contributed by atoms with Gasteiger partial charge in [0.1, 0.15) is 0 Å². The van der Waals surface area contributed by atoms with Gasteiger partial charge in [-0.1, -0.05) is 13.0 Å². The van der Waals surface area contributed by atoms with Gasteiger partial charge in [0.25, 0.3) is 0 Å². The van der Waals surface area contributed by atoms with Crippen LogP contribution in [0.3, 0.4) is 0 Å². The lowest BCUT2D eigenvalue weighted by molar-refractivity contribution is -0.167. The standard InChI is InChI=1S/C16H19NO5/c1-3-16(21-7-8-22-16)10-5-6-12-11(9-10)13(15(19)20)14(18)17(12)4-2/h5-6,9,13H,3-4,7-8H2,1-2H3,(H,19,20). The highest BCUT2D eigenvalue weighted by atomic mass is 16.7. The number of benzene rings is 1. The molecule has 1 aromatic carbocycles. The minimum absolute atomic E-state index is 0.388. The fraction of sp³-hybridized carbons (Fsp3) is 0.500. The molecule has 1 atom stereocenters. The van der Waals surface area contributed by atoms with Crippen molar-refractivity contribution in [2.24, 2.45) is 0 Å². The molecule has 0 spiro atoms. The molecule has 6 heteroatoms. The van der Waals surface area contributed by atoms with Gasteiger partial charge in [0.15, 0.2) is 11.7 Å². The zero-order valence-electron chi connectivity index (χ0n) is 12.7. The molecule has 2 heterocycles. The summed E-state index contributed by atoms with van der Waals surface area (Å²) in [6.45, 7) is 5.24. The van der Waals surface area contributed by atoms with Crippen LogP contribution in [0.4, 0.5) is 5.69 Å². The summed E-state index contributed by atoms with van der Waals surface area (Å²) in [7, 11) is 0. The minimum atomic E-state index is -1.15. The number of fused-ring (bicyclic) bond motifs is 1. The van der Waals surface area contributed by atoms with E-state index in [1.165, 1.54) is 4.90 Å². The summed E-state index contributed by atoms with van der Waals surface area (Å²) in [6, 6.07) is 5.39. The smallest absolute Gasteiger partial charge is 0.320 e. The Morgan fingerprint density at radius 3 is 2.59 bits per heavy atom. The number of carbonyl (C=O) groups excluding carboxylic acids is 1. The van der Waals surface area contributed by atoms with E-state index in [1.807, 2.05) is 19.9 Å². The molecule has 0 radical (unpaired) electrons. The third kappa shape index (κ3) is 2.02. The van der Waals surface area contributed by atoms with E-state index >= 15 is 0 Å². The van der Waals surface area contributed by atoms with Gasteiger partial charge in [-0.15, -0.1) is 0 Å². The van der Waals surface area contributed by atoms with Crippen LogP contribution in [0.1, 0.15) is 37.3 Å². The van der Waals surface area contributed by atoms with Crippen LogP contribution >= 0.6 is 0 Å². The van der Waals surface area contributed by atoms with E-state index in [0.29, 0.717) is 37.4 Å². The minimum Gasteiger partial charge on any atom is -0.480 e. The molecule has 2 aliphatic rings. The SMILES string of the molecule is CCN1C(=O)C(C(=O)O)c2cc(C3(CC)OCCO3)ccc21. The zero-order chi connectivity index (χ0) is 15.9. The van der Waals surface area contributed by atoms with Crippen LogP contribution in [-0.2, 0) is 24.8 Å². The molecule has 1 N–H and O–H groups in total. The lowest BCUT2D eigenvalue weighted by Crippen LogP contribution is -2.31. The molecule has 0 bridgehead atoms. The summed E-state index contributed by atoms with van der Waals surface area (Å²) >= 11 is 0. The quantitative estimate of drug-likeness (QED) is 0.859. The Bertz CT molecular complexity index is 621. The first kappa shape index (κ1) is 15.0. The maximum atomic E-state index is 12.3. The first-order valence-electron chi connectivity index (χ1n) is 7.50. The Kier molecular flexibility index (Phi) is 3.66. The topological polar surface area (TPSA) is 76.1 Å². The Hall–Kier alpha value is -1.92. The number of amides is 1. The third-order valence-corrected chi connectivity index (χ3v) is 4.36. The summed E-state index contributed by atoms with van der Waals surface area (Å²) in [5.74, 6) is -3.50. The summed E-state index contributed by atoms with van der Waals surface area (Å²) in [5, 5.41) is 9.41. The van der Waals surface area contributed by atoms with E-state index in [1.54, 1.807) is 12.1 Å². The molecule has 1 aromatic rings. The van der Waals surface area contributed by atoms with Gasteiger partial charge in [-0.3, -0.25) is 9.59 Å². The molecule has 2 aliphatic heterocycles. The van der Waals surface area contributed by atoms with E-state index in [9.17, 15) is 14.7 Å². The second-order valence-corrected chi connectivity index (χ2v) is 5.43. The van der Waals surface area contributed by atoms with Crippen molar-refractivity contribution in [3.05, 3.63) is 29.3 Å². The average Bonchev–Trinajstić information content (AvgIpc) is 3.08. The third-order valence-electron chi connectivity index (χ3n) is 4.36. The van der Waals surface area contributed by atoms with Crippen LogP contribution in [0.25, 0.3) is 0 Å². The number of carboxylic acids is 1. The molecule has 3 rings (SSSR count). The fourth-order valence-corrected chi connectivity index (χ4v) is 3.27. The fourth-order valence-electron chi connectivity index (χ4n) is 3.27. The molecule has 6 nitrogen and oxygen atoms in total. The molecule has 1 unspecified atom stereocenters. The highest BCUT2D eigenvalue weighted by molar-refractivity contribution is 6.15. The molecule has 0 saturated carbocycles. The van der Waals surface area contributed by atoms with Crippen LogP contribution in [0, 0.1) is 0 Å². The maximum Gasteiger partial charge on any atom is 0.320 e. The summed E-state index contributed by atoms with van der Waals surface area (Å²) < 4.78 is 11.5. The predicted molar refractivity (Wildman–Crippen MR) is 78.7 cm³/mol. The number of nitrogens with zero attached hydrogens (tertiary/aromatic N) is 1. The molecular weight excluding hydrogens is 286 g/mol. The van der Waals surface area contributed by atoms with Crippen molar-refractivity contribution in [2.75, 3.05) is 24.7 Å². The van der Waals surface area contributed by atoms with Gasteiger partial charge < -0.3 is 19.5 Å². The summed E-state index contributed by atoms with van der Waals surface area (Å²) in [6.07, 6.45) is 0.620. The summed E-state index contributed by atoms with van der Waals surface area (Å²) in [5.41, 5.74) is 1.94. The number of likely N-dealkylation sites (N-methyl/N-ethyl adjacent to an activating group) is 1. The van der Waals surface area contributed by atoms with Crippen molar-refractivity contribution >= 4 is 17.6 Å². The van der Waals surface area contributed by atoms with Gasteiger partial charge >= 0.3 is 5.97 Å². The molecule has 1 saturated heterocycles. The van der Waals surface area contributed by atoms with Crippen molar-refractivity contribution in [3.8, 4) is 0 Å². The molecule has 118 valence electrons. The predicted octanol–water partition coefficient (Wildman–Crippen LogP) is 1.83. The van der Waals surface area contributed by atoms with Gasteiger partial charge in [-0.2, -0.15) is 0 Å². The van der Waals surface area contributed by atoms with Crippen LogP contribution < -0.4 is 4.90 Å². The Morgan fingerprint density at radius 1 is 1.36 bits per heavy atom. The summed E-state index contributed by atoms with van der Waals surface area (Å²) in [4.78, 5) is 25.3.